The Morgan fingerprint density at radius 1 is 1.36 bits per heavy atom. The quantitative estimate of drug-likeness (QED) is 0.550. The van der Waals surface area contributed by atoms with Crippen molar-refractivity contribution in [2.45, 2.75) is 52.4 Å². The third-order valence-corrected chi connectivity index (χ3v) is 4.74. The van der Waals surface area contributed by atoms with Crippen LogP contribution in [0.4, 0.5) is 5.69 Å². The van der Waals surface area contributed by atoms with Gasteiger partial charge in [-0.25, -0.2) is 0 Å². The highest BCUT2D eigenvalue weighted by molar-refractivity contribution is 5.93. The molecule has 0 aliphatic carbocycles. The number of aliphatic hydroxyl groups excluding tert-OH is 1. The van der Waals surface area contributed by atoms with Gasteiger partial charge < -0.3 is 14.7 Å². The molecule has 1 aromatic carbocycles. The summed E-state index contributed by atoms with van der Waals surface area (Å²) in [6.07, 6.45) is 3.76. The highest BCUT2D eigenvalue weighted by Gasteiger charge is 2.28. The summed E-state index contributed by atoms with van der Waals surface area (Å²) in [5.41, 5.74) is 0.950. The molecule has 0 saturated carbocycles. The number of ether oxygens (including phenoxy) is 1. The summed E-state index contributed by atoms with van der Waals surface area (Å²) in [5, 5.41) is 10.2. The molecular formula is C20H32N2O3. The number of hydrogen-bond acceptors (Lipinski definition) is 4. The van der Waals surface area contributed by atoms with E-state index >= 15 is 0 Å². The molecule has 1 aromatic rings. The van der Waals surface area contributed by atoms with Gasteiger partial charge in [-0.3, -0.25) is 9.69 Å². The SMILES string of the molecule is CCCCOC(O)N1CCCC(CN(C(=O)CC)c2ccccc2)C1. The van der Waals surface area contributed by atoms with Gasteiger partial charge in [-0.05, 0) is 37.3 Å². The normalized spacial score (nSPS) is 19.6. The van der Waals surface area contributed by atoms with Gasteiger partial charge in [-0.15, -0.1) is 0 Å². The molecule has 5 heteroatoms. The van der Waals surface area contributed by atoms with Gasteiger partial charge in [0.15, 0.2) is 0 Å². The smallest absolute Gasteiger partial charge is 0.226 e. The van der Waals surface area contributed by atoms with Gasteiger partial charge in [0.05, 0.1) is 6.61 Å². The second-order valence-electron chi connectivity index (χ2n) is 6.75. The van der Waals surface area contributed by atoms with Gasteiger partial charge in [-0.1, -0.05) is 38.5 Å². The van der Waals surface area contributed by atoms with Crippen LogP contribution in [0.25, 0.3) is 0 Å². The number of hydrogen-bond donors (Lipinski definition) is 1. The van der Waals surface area contributed by atoms with Crippen LogP contribution in [0.5, 0.6) is 0 Å². The van der Waals surface area contributed by atoms with E-state index in [0.29, 0.717) is 25.5 Å². The van der Waals surface area contributed by atoms with Crippen molar-refractivity contribution in [2.24, 2.45) is 5.92 Å². The minimum atomic E-state index is -0.832. The molecule has 0 spiro atoms. The van der Waals surface area contributed by atoms with Crippen molar-refractivity contribution in [3.8, 4) is 0 Å². The molecule has 1 amide bonds. The number of likely N-dealkylation sites (tertiary alicyclic amines) is 1. The molecule has 140 valence electrons. The molecule has 2 rings (SSSR count). The summed E-state index contributed by atoms with van der Waals surface area (Å²) in [4.78, 5) is 16.3. The number of nitrogens with zero attached hydrogens (tertiary/aromatic N) is 2. The molecule has 1 N–H and O–H groups in total. The fraction of sp³-hybridized carbons (Fsp3) is 0.650. The van der Waals surface area contributed by atoms with Crippen molar-refractivity contribution >= 4 is 11.6 Å². The van der Waals surface area contributed by atoms with Crippen LogP contribution in [-0.4, -0.2) is 48.6 Å². The Balaban J connectivity index is 1.95. The second kappa shape index (κ2) is 10.5. The van der Waals surface area contributed by atoms with Crippen molar-refractivity contribution in [3.63, 3.8) is 0 Å². The second-order valence-corrected chi connectivity index (χ2v) is 6.75. The first-order chi connectivity index (χ1) is 12.2. The Labute approximate surface area is 151 Å². The van der Waals surface area contributed by atoms with Gasteiger partial charge in [0.1, 0.15) is 0 Å². The van der Waals surface area contributed by atoms with E-state index in [0.717, 1.165) is 44.5 Å². The van der Waals surface area contributed by atoms with Gasteiger partial charge >= 0.3 is 0 Å². The fourth-order valence-electron chi connectivity index (χ4n) is 3.29. The number of carbonyl (C=O) groups is 1. The zero-order valence-corrected chi connectivity index (χ0v) is 15.6. The predicted octanol–water partition coefficient (Wildman–Crippen LogP) is 3.23. The van der Waals surface area contributed by atoms with E-state index in [1.165, 1.54) is 0 Å². The minimum absolute atomic E-state index is 0.142. The maximum atomic E-state index is 12.4. The van der Waals surface area contributed by atoms with E-state index in [4.69, 9.17) is 4.74 Å². The topological polar surface area (TPSA) is 53.0 Å². The summed E-state index contributed by atoms with van der Waals surface area (Å²) < 4.78 is 5.53. The van der Waals surface area contributed by atoms with Crippen LogP contribution >= 0.6 is 0 Å². The van der Waals surface area contributed by atoms with Crippen molar-refractivity contribution in [2.75, 3.05) is 31.1 Å². The molecule has 1 aliphatic rings. The largest absolute Gasteiger partial charge is 0.356 e. The summed E-state index contributed by atoms with van der Waals surface area (Å²) in [6, 6.07) is 9.85. The monoisotopic (exact) mass is 348 g/mol. The van der Waals surface area contributed by atoms with Crippen molar-refractivity contribution in [1.82, 2.24) is 4.90 Å². The summed E-state index contributed by atoms with van der Waals surface area (Å²) in [5.74, 6) is 0.483. The van der Waals surface area contributed by atoms with Crippen molar-refractivity contribution in [3.05, 3.63) is 30.3 Å². The average Bonchev–Trinajstić information content (AvgIpc) is 2.66. The Bertz CT molecular complexity index is 509. The number of benzene rings is 1. The highest BCUT2D eigenvalue weighted by atomic mass is 16.6. The molecule has 25 heavy (non-hydrogen) atoms. The lowest BCUT2D eigenvalue weighted by Gasteiger charge is -2.37. The van der Waals surface area contributed by atoms with Crippen molar-refractivity contribution in [1.29, 1.82) is 0 Å². The van der Waals surface area contributed by atoms with Crippen LogP contribution in [0, 0.1) is 5.92 Å². The van der Waals surface area contributed by atoms with E-state index in [-0.39, 0.29) is 5.91 Å². The van der Waals surface area contributed by atoms with Gasteiger partial charge in [0.25, 0.3) is 0 Å². The molecule has 0 radical (unpaired) electrons. The average molecular weight is 348 g/mol. The molecule has 2 unspecified atom stereocenters. The van der Waals surface area contributed by atoms with Gasteiger partial charge in [-0.2, -0.15) is 0 Å². The number of amides is 1. The van der Waals surface area contributed by atoms with Crippen molar-refractivity contribution < 1.29 is 14.6 Å². The molecule has 0 bridgehead atoms. The van der Waals surface area contributed by atoms with Crippen LogP contribution in [0.2, 0.25) is 0 Å². The fourth-order valence-corrected chi connectivity index (χ4v) is 3.29. The van der Waals surface area contributed by atoms with E-state index in [9.17, 15) is 9.90 Å². The lowest BCUT2D eigenvalue weighted by Crippen LogP contribution is -2.47. The van der Waals surface area contributed by atoms with Crippen LogP contribution in [0.3, 0.4) is 0 Å². The predicted molar refractivity (Wildman–Crippen MR) is 100 cm³/mol. The maximum Gasteiger partial charge on any atom is 0.226 e. The molecule has 5 nitrogen and oxygen atoms in total. The Hall–Kier alpha value is -1.43. The molecule has 0 aromatic heterocycles. The van der Waals surface area contributed by atoms with E-state index in [1.54, 1.807) is 0 Å². The standard InChI is InChI=1S/C20H32N2O3/c1-3-5-14-25-20(24)21-13-9-10-17(15-21)16-22(19(23)4-2)18-11-7-6-8-12-18/h6-8,11-12,17,20,24H,3-5,9-10,13-16H2,1-2H3. The number of unbranched alkanes of at least 4 members (excludes halogenated alkanes) is 1. The molecule has 1 saturated heterocycles. The molecule has 1 fully saturated rings. The number of piperidine rings is 1. The zero-order chi connectivity index (χ0) is 18.1. The maximum absolute atomic E-state index is 12.4. The van der Waals surface area contributed by atoms with Crippen LogP contribution in [-0.2, 0) is 9.53 Å². The van der Waals surface area contributed by atoms with E-state index in [2.05, 4.69) is 6.92 Å². The Kier molecular flexibility index (Phi) is 8.38. The van der Waals surface area contributed by atoms with Gasteiger partial charge in [0, 0.05) is 31.7 Å². The summed E-state index contributed by atoms with van der Waals surface area (Å²) in [6.45, 7) is 6.88. The number of carbonyl (C=O) groups excluding carboxylic acids is 1. The third kappa shape index (κ3) is 6.10. The minimum Gasteiger partial charge on any atom is -0.356 e. The molecule has 1 aliphatic heterocycles. The lowest BCUT2D eigenvalue weighted by atomic mass is 9.97. The van der Waals surface area contributed by atoms with E-state index < -0.39 is 6.41 Å². The number of rotatable bonds is 9. The van der Waals surface area contributed by atoms with Gasteiger partial charge in [0.2, 0.25) is 12.3 Å². The molecule has 1 heterocycles. The first-order valence-electron chi connectivity index (χ1n) is 9.54. The number of aliphatic hydroxyl groups is 1. The molecular weight excluding hydrogens is 316 g/mol. The third-order valence-electron chi connectivity index (χ3n) is 4.74. The lowest BCUT2D eigenvalue weighted by molar-refractivity contribution is -0.201. The number of anilines is 1. The van der Waals surface area contributed by atoms with E-state index in [1.807, 2.05) is 47.1 Å². The zero-order valence-electron chi connectivity index (χ0n) is 15.6. The molecule has 2 atom stereocenters. The van der Waals surface area contributed by atoms with Crippen LogP contribution in [0.15, 0.2) is 30.3 Å². The first kappa shape index (κ1) is 19.9. The summed E-state index contributed by atoms with van der Waals surface area (Å²) in [7, 11) is 0. The number of para-hydroxylation sites is 1. The van der Waals surface area contributed by atoms with Crippen LogP contribution in [0.1, 0.15) is 46.0 Å². The summed E-state index contributed by atoms with van der Waals surface area (Å²) >= 11 is 0. The Morgan fingerprint density at radius 3 is 2.80 bits per heavy atom. The van der Waals surface area contributed by atoms with Crippen LogP contribution < -0.4 is 4.90 Å². The Morgan fingerprint density at radius 2 is 2.12 bits per heavy atom. The highest BCUT2D eigenvalue weighted by Crippen LogP contribution is 2.23. The first-order valence-corrected chi connectivity index (χ1v) is 9.54.